The molecule has 0 radical (unpaired) electrons. The van der Waals surface area contributed by atoms with Crippen molar-refractivity contribution < 1.29 is 9.53 Å². The molecular weight excluding hydrogens is 206 g/mol. The third kappa shape index (κ3) is 3.47. The normalized spacial score (nSPS) is 26.1. The Labute approximate surface area is 96.2 Å². The number of carbonyl (C=O) groups is 1. The summed E-state index contributed by atoms with van der Waals surface area (Å²) in [5.74, 6) is -0.305. The predicted octanol–water partition coefficient (Wildman–Crippen LogP) is -0.113. The van der Waals surface area contributed by atoms with Gasteiger partial charge in [0.25, 0.3) is 0 Å². The zero-order chi connectivity index (χ0) is 12.0. The van der Waals surface area contributed by atoms with Crippen molar-refractivity contribution >= 4 is 5.91 Å². The average molecular weight is 225 g/mol. The fraction of sp³-hybridized carbons (Fsp3) is 0.818. The molecule has 3 unspecified atom stereocenters. The molecule has 0 spiro atoms. The van der Waals surface area contributed by atoms with E-state index < -0.39 is 0 Å². The van der Waals surface area contributed by atoms with Crippen molar-refractivity contribution in [3.63, 3.8) is 0 Å². The smallest absolute Gasteiger partial charge is 0.227 e. The number of amides is 1. The molecule has 5 heteroatoms. The Balaban J connectivity index is 2.38. The van der Waals surface area contributed by atoms with Gasteiger partial charge >= 0.3 is 0 Å². The van der Waals surface area contributed by atoms with Crippen LogP contribution in [0.2, 0.25) is 0 Å². The molecule has 1 aliphatic rings. The topological polar surface area (TPSA) is 74.2 Å². The maximum Gasteiger partial charge on any atom is 0.227 e. The molecule has 0 aromatic carbocycles. The van der Waals surface area contributed by atoms with Crippen molar-refractivity contribution in [1.82, 2.24) is 10.6 Å². The van der Waals surface area contributed by atoms with Crippen LogP contribution in [0.25, 0.3) is 0 Å². The Kier molecular flexibility index (Phi) is 5.23. The van der Waals surface area contributed by atoms with Crippen molar-refractivity contribution in [3.05, 3.63) is 0 Å². The molecule has 0 aliphatic carbocycles. The Hall–Kier alpha value is -1.12. The molecule has 1 aliphatic heterocycles. The Morgan fingerprint density at radius 3 is 3.00 bits per heavy atom. The molecule has 0 saturated carbocycles. The van der Waals surface area contributed by atoms with Crippen LogP contribution in [0, 0.1) is 23.2 Å². The summed E-state index contributed by atoms with van der Waals surface area (Å²) >= 11 is 0. The van der Waals surface area contributed by atoms with Gasteiger partial charge in [-0.25, -0.2) is 0 Å². The van der Waals surface area contributed by atoms with Gasteiger partial charge in [-0.2, -0.15) is 5.26 Å². The van der Waals surface area contributed by atoms with E-state index in [2.05, 4.69) is 16.7 Å². The lowest BCUT2D eigenvalue weighted by molar-refractivity contribution is -0.125. The molecule has 0 bridgehead atoms. The Morgan fingerprint density at radius 2 is 2.38 bits per heavy atom. The molecule has 1 saturated heterocycles. The number of hydrogen-bond donors (Lipinski definition) is 2. The van der Waals surface area contributed by atoms with Crippen LogP contribution in [-0.4, -0.2) is 38.3 Å². The minimum Gasteiger partial charge on any atom is -0.379 e. The quantitative estimate of drug-likeness (QED) is 0.684. The summed E-state index contributed by atoms with van der Waals surface area (Å²) in [6, 6.07) is 2.19. The van der Waals surface area contributed by atoms with Gasteiger partial charge in [-0.1, -0.05) is 6.92 Å². The van der Waals surface area contributed by atoms with E-state index in [9.17, 15) is 4.79 Å². The molecule has 3 atom stereocenters. The number of rotatable bonds is 5. The Morgan fingerprint density at radius 1 is 1.62 bits per heavy atom. The number of nitrogens with zero attached hydrogens (tertiary/aromatic N) is 1. The highest BCUT2D eigenvalue weighted by Gasteiger charge is 2.33. The van der Waals surface area contributed by atoms with Crippen molar-refractivity contribution in [1.29, 1.82) is 5.26 Å². The molecular formula is C11H19N3O2. The lowest BCUT2D eigenvalue weighted by Crippen LogP contribution is -2.44. The van der Waals surface area contributed by atoms with Gasteiger partial charge in [0.05, 0.1) is 31.1 Å². The van der Waals surface area contributed by atoms with Gasteiger partial charge in [-0.15, -0.1) is 0 Å². The fourth-order valence-corrected chi connectivity index (χ4v) is 1.71. The highest BCUT2D eigenvalue weighted by Crippen LogP contribution is 2.13. The number of carbonyl (C=O) groups excluding carboxylic acids is 1. The van der Waals surface area contributed by atoms with Crippen molar-refractivity contribution in [2.75, 3.05) is 26.3 Å². The van der Waals surface area contributed by atoms with Crippen molar-refractivity contribution in [3.8, 4) is 6.07 Å². The molecule has 16 heavy (non-hydrogen) atoms. The second kappa shape index (κ2) is 6.46. The maximum absolute atomic E-state index is 11.8. The van der Waals surface area contributed by atoms with E-state index in [1.165, 1.54) is 0 Å². The monoisotopic (exact) mass is 225 g/mol. The van der Waals surface area contributed by atoms with E-state index in [1.807, 2.05) is 6.92 Å². The summed E-state index contributed by atoms with van der Waals surface area (Å²) in [6.07, 6.45) is 0. The number of likely N-dealkylation sites (N-methyl/N-ethyl adjacent to an activating group) is 1. The molecule has 0 aromatic rings. The molecule has 2 N–H and O–H groups in total. The van der Waals surface area contributed by atoms with Crippen LogP contribution in [0.3, 0.4) is 0 Å². The van der Waals surface area contributed by atoms with Crippen LogP contribution < -0.4 is 10.6 Å². The predicted molar refractivity (Wildman–Crippen MR) is 59.6 cm³/mol. The first-order chi connectivity index (χ1) is 7.69. The summed E-state index contributed by atoms with van der Waals surface area (Å²) in [5, 5.41) is 14.6. The van der Waals surface area contributed by atoms with Crippen molar-refractivity contribution in [2.24, 2.45) is 11.8 Å². The molecule has 0 aromatic heterocycles. The van der Waals surface area contributed by atoms with Gasteiger partial charge in [-0.05, 0) is 13.5 Å². The van der Waals surface area contributed by atoms with Crippen LogP contribution in [0.15, 0.2) is 0 Å². The summed E-state index contributed by atoms with van der Waals surface area (Å²) in [7, 11) is 0. The third-order valence-corrected chi connectivity index (χ3v) is 2.69. The molecule has 1 heterocycles. The Bertz CT molecular complexity index is 275. The van der Waals surface area contributed by atoms with E-state index in [0.29, 0.717) is 19.8 Å². The third-order valence-electron chi connectivity index (χ3n) is 2.69. The highest BCUT2D eigenvalue weighted by atomic mass is 16.5. The van der Waals surface area contributed by atoms with Gasteiger partial charge in [0.1, 0.15) is 0 Å². The van der Waals surface area contributed by atoms with E-state index >= 15 is 0 Å². The van der Waals surface area contributed by atoms with E-state index in [0.717, 1.165) is 6.54 Å². The van der Waals surface area contributed by atoms with Gasteiger partial charge in [0, 0.05) is 12.6 Å². The van der Waals surface area contributed by atoms with Gasteiger partial charge < -0.3 is 15.4 Å². The van der Waals surface area contributed by atoms with Gasteiger partial charge in [-0.3, -0.25) is 4.79 Å². The second-order valence-electron chi connectivity index (χ2n) is 4.08. The first kappa shape index (κ1) is 12.9. The summed E-state index contributed by atoms with van der Waals surface area (Å²) < 4.78 is 5.29. The fourth-order valence-electron chi connectivity index (χ4n) is 1.71. The summed E-state index contributed by atoms with van der Waals surface area (Å²) in [5.41, 5.74) is 0. The first-order valence-corrected chi connectivity index (χ1v) is 5.67. The number of nitriles is 1. The standard InChI is InChI=1S/C11H19N3O2/c1-3-13-10-7-16-6-9(10)11(15)14-5-8(2)4-12/h8-10,13H,3,5-7H2,1-2H3,(H,14,15). The van der Waals surface area contributed by atoms with Crippen molar-refractivity contribution in [2.45, 2.75) is 19.9 Å². The number of hydrogen-bond acceptors (Lipinski definition) is 4. The lowest BCUT2D eigenvalue weighted by atomic mass is 10.0. The van der Waals surface area contributed by atoms with Crippen LogP contribution >= 0.6 is 0 Å². The second-order valence-corrected chi connectivity index (χ2v) is 4.08. The SMILES string of the molecule is CCNC1COCC1C(=O)NCC(C)C#N. The van der Waals surface area contributed by atoms with E-state index in [1.54, 1.807) is 6.92 Å². The van der Waals surface area contributed by atoms with Crippen LogP contribution in [0.5, 0.6) is 0 Å². The zero-order valence-electron chi connectivity index (χ0n) is 9.82. The van der Waals surface area contributed by atoms with Gasteiger partial charge in [0.2, 0.25) is 5.91 Å². The number of ether oxygens (including phenoxy) is 1. The lowest BCUT2D eigenvalue weighted by Gasteiger charge is -2.18. The molecule has 1 rings (SSSR count). The van der Waals surface area contributed by atoms with Crippen LogP contribution in [0.4, 0.5) is 0 Å². The van der Waals surface area contributed by atoms with E-state index in [-0.39, 0.29) is 23.8 Å². The first-order valence-electron chi connectivity index (χ1n) is 5.67. The highest BCUT2D eigenvalue weighted by molar-refractivity contribution is 5.79. The van der Waals surface area contributed by atoms with E-state index in [4.69, 9.17) is 10.00 Å². The molecule has 5 nitrogen and oxygen atoms in total. The summed E-state index contributed by atoms with van der Waals surface area (Å²) in [4.78, 5) is 11.8. The molecule has 1 amide bonds. The largest absolute Gasteiger partial charge is 0.379 e. The molecule has 90 valence electrons. The minimum atomic E-state index is -0.149. The minimum absolute atomic E-state index is 0.0226. The average Bonchev–Trinajstić information content (AvgIpc) is 2.74. The number of nitrogens with one attached hydrogen (secondary N) is 2. The zero-order valence-corrected chi connectivity index (χ0v) is 9.82. The van der Waals surface area contributed by atoms with Gasteiger partial charge in [0.15, 0.2) is 0 Å². The maximum atomic E-state index is 11.8. The summed E-state index contributed by atoms with van der Waals surface area (Å²) in [6.45, 7) is 6.07. The molecule has 1 fully saturated rings. The van der Waals surface area contributed by atoms with Crippen LogP contribution in [0.1, 0.15) is 13.8 Å². The van der Waals surface area contributed by atoms with Crippen LogP contribution in [-0.2, 0) is 9.53 Å².